The number of phenols is 2. The molecule has 2 aromatic carbocycles. The van der Waals surface area contributed by atoms with E-state index >= 15 is 0 Å². The summed E-state index contributed by atoms with van der Waals surface area (Å²) in [5, 5.41) is 20.6. The Labute approximate surface area is 133 Å². The Balaban J connectivity index is 2.55. The molecule has 0 aliphatic carbocycles. The molecule has 2 heteroatoms. The molecular formula is C20H26O2. The largest absolute Gasteiger partial charge is 0.508 e. The van der Waals surface area contributed by atoms with Crippen LogP contribution in [0.1, 0.15) is 61.8 Å². The van der Waals surface area contributed by atoms with Crippen molar-refractivity contribution >= 4 is 0 Å². The molecular weight excluding hydrogens is 272 g/mol. The second-order valence-corrected chi connectivity index (χ2v) is 5.83. The van der Waals surface area contributed by atoms with Gasteiger partial charge in [0.2, 0.25) is 0 Å². The molecule has 118 valence electrons. The molecule has 0 fully saturated rings. The Kier molecular flexibility index (Phi) is 5.48. The predicted octanol–water partition coefficient (Wildman–Crippen LogP) is 5.15. The van der Waals surface area contributed by atoms with Gasteiger partial charge in [-0.05, 0) is 42.5 Å². The van der Waals surface area contributed by atoms with Crippen LogP contribution in [0, 0.1) is 0 Å². The third-order valence-corrected chi connectivity index (χ3v) is 4.33. The van der Waals surface area contributed by atoms with Gasteiger partial charge in [-0.25, -0.2) is 0 Å². The van der Waals surface area contributed by atoms with Crippen LogP contribution in [-0.4, -0.2) is 10.2 Å². The minimum absolute atomic E-state index is 0.0306. The molecule has 0 heterocycles. The first-order valence-corrected chi connectivity index (χ1v) is 8.24. The second-order valence-electron chi connectivity index (χ2n) is 5.83. The van der Waals surface area contributed by atoms with E-state index in [9.17, 15) is 10.2 Å². The molecule has 0 aromatic heterocycles. The Morgan fingerprint density at radius 3 is 1.59 bits per heavy atom. The zero-order chi connectivity index (χ0) is 16.1. The Hall–Kier alpha value is -1.96. The molecule has 2 nitrogen and oxygen atoms in total. The summed E-state index contributed by atoms with van der Waals surface area (Å²) in [7, 11) is 0. The first kappa shape index (κ1) is 16.4. The summed E-state index contributed by atoms with van der Waals surface area (Å²) in [4.78, 5) is 0. The van der Waals surface area contributed by atoms with Gasteiger partial charge >= 0.3 is 0 Å². The van der Waals surface area contributed by atoms with E-state index in [1.54, 1.807) is 12.1 Å². The van der Waals surface area contributed by atoms with Crippen molar-refractivity contribution in [2.24, 2.45) is 0 Å². The molecule has 0 amide bonds. The van der Waals surface area contributed by atoms with E-state index < -0.39 is 0 Å². The summed E-state index contributed by atoms with van der Waals surface area (Å²) in [5.74, 6) is 0.664. The number of phenolic OH excluding ortho intramolecular Hbond substituents is 2. The molecule has 2 rings (SSSR count). The van der Waals surface area contributed by atoms with E-state index in [0.717, 1.165) is 36.8 Å². The van der Waals surface area contributed by atoms with E-state index in [1.807, 2.05) is 12.1 Å². The highest BCUT2D eigenvalue weighted by molar-refractivity contribution is 5.48. The number of hydrogen-bond donors (Lipinski definition) is 2. The Morgan fingerprint density at radius 2 is 1.23 bits per heavy atom. The summed E-state index contributed by atoms with van der Waals surface area (Å²) in [6.07, 6.45) is 3.78. The predicted molar refractivity (Wildman–Crippen MR) is 91.7 cm³/mol. The van der Waals surface area contributed by atoms with Crippen molar-refractivity contribution in [3.8, 4) is 11.5 Å². The van der Waals surface area contributed by atoms with Crippen LogP contribution in [0.2, 0.25) is 0 Å². The van der Waals surface area contributed by atoms with Crippen molar-refractivity contribution in [1.29, 1.82) is 0 Å². The molecule has 0 radical (unpaired) electrons. The molecule has 0 spiro atoms. The van der Waals surface area contributed by atoms with Crippen molar-refractivity contribution in [3.63, 3.8) is 0 Å². The third-order valence-electron chi connectivity index (χ3n) is 4.33. The minimum atomic E-state index is 0.0306. The molecule has 2 aromatic rings. The van der Waals surface area contributed by atoms with Crippen LogP contribution in [0.3, 0.4) is 0 Å². The summed E-state index contributed by atoms with van der Waals surface area (Å²) >= 11 is 0. The lowest BCUT2D eigenvalue weighted by Gasteiger charge is -2.21. The molecule has 2 N–H and O–H groups in total. The number of aromatic hydroxyl groups is 2. The van der Waals surface area contributed by atoms with Gasteiger partial charge in [0.1, 0.15) is 11.5 Å². The normalized spacial score (nSPS) is 11.1. The fourth-order valence-electron chi connectivity index (χ4n) is 2.97. The summed E-state index contributed by atoms with van der Waals surface area (Å²) in [6, 6.07) is 11.6. The number of rotatable bonds is 6. The molecule has 0 bridgehead atoms. The Bertz CT molecular complexity index is 578. The third kappa shape index (κ3) is 3.44. The number of benzene rings is 2. The van der Waals surface area contributed by atoms with Crippen molar-refractivity contribution in [2.75, 3.05) is 0 Å². The van der Waals surface area contributed by atoms with E-state index in [4.69, 9.17) is 0 Å². The van der Waals surface area contributed by atoms with Gasteiger partial charge in [0.05, 0.1) is 0 Å². The van der Waals surface area contributed by atoms with Crippen molar-refractivity contribution in [1.82, 2.24) is 0 Å². The molecule has 0 unspecified atom stereocenters. The smallest absolute Gasteiger partial charge is 0.119 e. The van der Waals surface area contributed by atoms with Crippen LogP contribution in [0.4, 0.5) is 0 Å². The van der Waals surface area contributed by atoms with Crippen LogP contribution in [-0.2, 0) is 12.8 Å². The van der Waals surface area contributed by atoms with Crippen molar-refractivity contribution < 1.29 is 10.2 Å². The van der Waals surface area contributed by atoms with E-state index in [0.29, 0.717) is 11.5 Å². The molecule has 0 saturated heterocycles. The summed E-state index contributed by atoms with van der Waals surface area (Å²) in [5.41, 5.74) is 4.26. The number of hydrogen-bond acceptors (Lipinski definition) is 2. The van der Waals surface area contributed by atoms with Gasteiger partial charge in [-0.2, -0.15) is 0 Å². The fourth-order valence-corrected chi connectivity index (χ4v) is 2.97. The van der Waals surface area contributed by atoms with Gasteiger partial charge < -0.3 is 10.2 Å². The Morgan fingerprint density at radius 1 is 0.773 bits per heavy atom. The molecule has 0 aliphatic rings. The monoisotopic (exact) mass is 298 g/mol. The lowest BCUT2D eigenvalue weighted by molar-refractivity contribution is 0.450. The lowest BCUT2D eigenvalue weighted by atomic mass is 9.84. The zero-order valence-electron chi connectivity index (χ0n) is 13.8. The first-order valence-electron chi connectivity index (χ1n) is 8.24. The highest BCUT2D eigenvalue weighted by atomic mass is 16.3. The quantitative estimate of drug-likeness (QED) is 0.773. The topological polar surface area (TPSA) is 40.5 Å². The molecule has 0 atom stereocenters. The van der Waals surface area contributed by atoms with E-state index in [1.165, 1.54) is 11.1 Å². The lowest BCUT2D eigenvalue weighted by Crippen LogP contribution is -2.04. The van der Waals surface area contributed by atoms with Gasteiger partial charge in [-0.3, -0.25) is 0 Å². The maximum absolute atomic E-state index is 10.3. The second kappa shape index (κ2) is 7.35. The number of aryl methyl sites for hydroxylation is 2. The summed E-state index contributed by atoms with van der Waals surface area (Å²) in [6.45, 7) is 6.36. The SMILES string of the molecule is CCCC(c1cc(CC)ccc1O)c1cc(CC)ccc1O. The fraction of sp³-hybridized carbons (Fsp3) is 0.400. The minimum Gasteiger partial charge on any atom is -0.508 e. The molecule has 0 saturated carbocycles. The average Bonchev–Trinajstić information content (AvgIpc) is 2.54. The van der Waals surface area contributed by atoms with Crippen molar-refractivity contribution in [2.45, 2.75) is 52.4 Å². The van der Waals surface area contributed by atoms with Crippen LogP contribution < -0.4 is 0 Å². The maximum atomic E-state index is 10.3. The van der Waals surface area contributed by atoms with Gasteiger partial charge in [-0.1, -0.05) is 51.5 Å². The summed E-state index contributed by atoms with van der Waals surface area (Å²) < 4.78 is 0. The zero-order valence-corrected chi connectivity index (χ0v) is 13.8. The highest BCUT2D eigenvalue weighted by Gasteiger charge is 2.20. The van der Waals surface area contributed by atoms with Crippen molar-refractivity contribution in [3.05, 3.63) is 58.7 Å². The van der Waals surface area contributed by atoms with Gasteiger partial charge in [-0.15, -0.1) is 0 Å². The van der Waals surface area contributed by atoms with Crippen LogP contribution in [0.15, 0.2) is 36.4 Å². The van der Waals surface area contributed by atoms with Crippen LogP contribution in [0.25, 0.3) is 0 Å². The molecule has 22 heavy (non-hydrogen) atoms. The van der Waals surface area contributed by atoms with Gasteiger partial charge in [0.15, 0.2) is 0 Å². The van der Waals surface area contributed by atoms with Gasteiger partial charge in [0.25, 0.3) is 0 Å². The van der Waals surface area contributed by atoms with Crippen LogP contribution in [0.5, 0.6) is 11.5 Å². The molecule has 0 aliphatic heterocycles. The first-order chi connectivity index (χ1) is 10.6. The van der Waals surface area contributed by atoms with Crippen LogP contribution >= 0.6 is 0 Å². The van der Waals surface area contributed by atoms with E-state index in [-0.39, 0.29) is 5.92 Å². The van der Waals surface area contributed by atoms with E-state index in [2.05, 4.69) is 32.9 Å². The maximum Gasteiger partial charge on any atom is 0.119 e. The standard InChI is InChI=1S/C20H26O2/c1-4-7-16(17-12-14(5-2)8-10-19(17)21)18-13-15(6-3)9-11-20(18)22/h8-13,16,21-22H,4-7H2,1-3H3. The average molecular weight is 298 g/mol. The highest BCUT2D eigenvalue weighted by Crippen LogP contribution is 2.39. The van der Waals surface area contributed by atoms with Gasteiger partial charge in [0, 0.05) is 17.0 Å².